The molecule has 0 aromatic heterocycles. The molecule has 1 aliphatic rings. The van der Waals surface area contributed by atoms with Crippen LogP contribution < -0.4 is 0 Å². The number of hydrogen-bond donors (Lipinski definition) is 0. The predicted molar refractivity (Wildman–Crippen MR) is 69.7 cm³/mol. The van der Waals surface area contributed by atoms with E-state index in [1.165, 1.54) is 0 Å². The van der Waals surface area contributed by atoms with Crippen LogP contribution in [-0.4, -0.2) is 5.97 Å². The molecule has 0 saturated carbocycles. The van der Waals surface area contributed by atoms with Crippen LogP contribution in [0.2, 0.25) is 0 Å². The molecule has 1 unspecified atom stereocenters. The van der Waals surface area contributed by atoms with E-state index in [4.69, 9.17) is 4.74 Å². The van der Waals surface area contributed by atoms with E-state index in [1.807, 2.05) is 66.7 Å². The number of carbonyl (C=O) groups is 1. The van der Waals surface area contributed by atoms with Crippen molar-refractivity contribution in [1.82, 2.24) is 0 Å². The number of rotatable bonds is 2. The topological polar surface area (TPSA) is 26.3 Å². The second-order valence-electron chi connectivity index (χ2n) is 4.22. The maximum Gasteiger partial charge on any atom is 0.326 e. The van der Waals surface area contributed by atoms with Gasteiger partial charge in [0.15, 0.2) is 0 Å². The Morgan fingerprint density at radius 3 is 2.11 bits per heavy atom. The third kappa shape index (κ3) is 1.93. The molecule has 0 spiro atoms. The van der Waals surface area contributed by atoms with Crippen LogP contribution in [0.5, 0.6) is 0 Å². The average Bonchev–Trinajstić information content (AvgIpc) is 2.40. The highest BCUT2D eigenvalue weighted by molar-refractivity contribution is 5.91. The molecule has 18 heavy (non-hydrogen) atoms. The minimum absolute atomic E-state index is 0.177. The van der Waals surface area contributed by atoms with E-state index in [-0.39, 0.29) is 11.9 Å². The first-order valence-electron chi connectivity index (χ1n) is 5.88. The third-order valence-corrected chi connectivity index (χ3v) is 2.98. The largest absolute Gasteiger partial charge is 0.429 e. The van der Waals surface area contributed by atoms with Crippen LogP contribution in [0.1, 0.15) is 17.0 Å². The maximum absolute atomic E-state index is 11.6. The van der Waals surface area contributed by atoms with E-state index < -0.39 is 0 Å². The summed E-state index contributed by atoms with van der Waals surface area (Å²) in [5.74, 6) is 0.298. The Hall–Kier alpha value is -2.35. The summed E-state index contributed by atoms with van der Waals surface area (Å²) >= 11 is 0. The standard InChI is InChI=1S/C16H12O2/c17-16-15(13-9-5-2-6-10-13)14(18-16)11-12-7-3-1-4-8-12/h1-11,15H. The van der Waals surface area contributed by atoms with Crippen molar-refractivity contribution in [2.75, 3.05) is 0 Å². The molecule has 1 atom stereocenters. The first-order valence-corrected chi connectivity index (χ1v) is 5.88. The minimum Gasteiger partial charge on any atom is -0.429 e. The number of cyclic esters (lactones) is 1. The van der Waals surface area contributed by atoms with E-state index >= 15 is 0 Å². The minimum atomic E-state index is -0.244. The van der Waals surface area contributed by atoms with Gasteiger partial charge >= 0.3 is 5.97 Å². The van der Waals surface area contributed by atoms with Crippen molar-refractivity contribution in [3.8, 4) is 0 Å². The summed E-state index contributed by atoms with van der Waals surface area (Å²) in [7, 11) is 0. The Labute approximate surface area is 106 Å². The molecule has 2 heteroatoms. The monoisotopic (exact) mass is 236 g/mol. The highest BCUT2D eigenvalue weighted by Crippen LogP contribution is 2.37. The van der Waals surface area contributed by atoms with Crippen molar-refractivity contribution in [3.63, 3.8) is 0 Å². The number of ether oxygens (including phenoxy) is 1. The summed E-state index contributed by atoms with van der Waals surface area (Å²) in [6.07, 6.45) is 1.92. The summed E-state index contributed by atoms with van der Waals surface area (Å²) < 4.78 is 5.13. The Balaban J connectivity index is 1.91. The number of hydrogen-bond acceptors (Lipinski definition) is 2. The first-order chi connectivity index (χ1) is 8.84. The maximum atomic E-state index is 11.6. The van der Waals surface area contributed by atoms with E-state index in [2.05, 4.69) is 0 Å². The van der Waals surface area contributed by atoms with Crippen molar-refractivity contribution in [1.29, 1.82) is 0 Å². The summed E-state index contributed by atoms with van der Waals surface area (Å²) in [6.45, 7) is 0. The molecule has 0 bridgehead atoms. The zero-order valence-electron chi connectivity index (χ0n) is 9.74. The lowest BCUT2D eigenvalue weighted by Gasteiger charge is -2.28. The molecule has 1 heterocycles. The molecule has 88 valence electrons. The van der Waals surface area contributed by atoms with Gasteiger partial charge in [-0.25, -0.2) is 0 Å². The van der Waals surface area contributed by atoms with Crippen LogP contribution >= 0.6 is 0 Å². The molecule has 0 radical (unpaired) electrons. The Bertz CT molecular complexity index is 585. The summed E-state index contributed by atoms with van der Waals surface area (Å²) in [6, 6.07) is 19.6. The fourth-order valence-corrected chi connectivity index (χ4v) is 2.06. The van der Waals surface area contributed by atoms with Crippen LogP contribution in [0.3, 0.4) is 0 Å². The summed E-state index contributed by atoms with van der Waals surface area (Å²) in [5.41, 5.74) is 2.02. The third-order valence-electron chi connectivity index (χ3n) is 2.98. The van der Waals surface area contributed by atoms with Crippen molar-refractivity contribution < 1.29 is 9.53 Å². The highest BCUT2D eigenvalue weighted by atomic mass is 16.6. The predicted octanol–water partition coefficient (Wildman–Crippen LogP) is 3.37. The summed E-state index contributed by atoms with van der Waals surface area (Å²) in [4.78, 5) is 11.6. The first kappa shape index (κ1) is 10.8. The quantitative estimate of drug-likeness (QED) is 0.747. The van der Waals surface area contributed by atoms with Crippen molar-refractivity contribution in [2.24, 2.45) is 0 Å². The number of carbonyl (C=O) groups excluding carboxylic acids is 1. The molecule has 0 aliphatic carbocycles. The van der Waals surface area contributed by atoms with Gasteiger partial charge in [-0.15, -0.1) is 0 Å². The fraction of sp³-hybridized carbons (Fsp3) is 0.0625. The van der Waals surface area contributed by atoms with Gasteiger partial charge in [-0.05, 0) is 17.2 Å². The SMILES string of the molecule is O=C1OC(=Cc2ccccc2)C1c1ccccc1. The highest BCUT2D eigenvalue weighted by Gasteiger charge is 2.38. The molecule has 0 amide bonds. The van der Waals surface area contributed by atoms with Crippen LogP contribution in [0.4, 0.5) is 0 Å². The van der Waals surface area contributed by atoms with Crippen molar-refractivity contribution >= 4 is 12.0 Å². The molecule has 2 aromatic rings. The van der Waals surface area contributed by atoms with Crippen molar-refractivity contribution in [3.05, 3.63) is 77.5 Å². The van der Waals surface area contributed by atoms with Crippen LogP contribution in [-0.2, 0) is 9.53 Å². The fourth-order valence-electron chi connectivity index (χ4n) is 2.06. The number of esters is 1. The molecular formula is C16H12O2. The second kappa shape index (κ2) is 4.49. The molecule has 1 aliphatic heterocycles. The van der Waals surface area contributed by atoms with Gasteiger partial charge in [0, 0.05) is 0 Å². The molecule has 1 fully saturated rings. The molecular weight excluding hydrogens is 224 g/mol. The van der Waals surface area contributed by atoms with Gasteiger partial charge in [0.05, 0.1) is 0 Å². The molecule has 0 N–H and O–H groups in total. The zero-order chi connectivity index (χ0) is 12.4. The molecule has 2 nitrogen and oxygen atoms in total. The number of benzene rings is 2. The van der Waals surface area contributed by atoms with Gasteiger partial charge in [-0.3, -0.25) is 4.79 Å². The Morgan fingerprint density at radius 1 is 0.889 bits per heavy atom. The van der Waals surface area contributed by atoms with Gasteiger partial charge < -0.3 is 4.74 Å². The molecule has 3 rings (SSSR count). The van der Waals surface area contributed by atoms with Crippen molar-refractivity contribution in [2.45, 2.75) is 5.92 Å². The Morgan fingerprint density at radius 2 is 1.50 bits per heavy atom. The zero-order valence-corrected chi connectivity index (χ0v) is 9.74. The van der Waals surface area contributed by atoms with Gasteiger partial charge in [-0.1, -0.05) is 60.7 Å². The van der Waals surface area contributed by atoms with E-state index in [9.17, 15) is 4.79 Å². The normalized spacial score (nSPS) is 20.3. The van der Waals surface area contributed by atoms with E-state index in [0.717, 1.165) is 16.9 Å². The van der Waals surface area contributed by atoms with Crippen LogP contribution in [0.15, 0.2) is 66.4 Å². The van der Waals surface area contributed by atoms with E-state index in [0.29, 0.717) is 0 Å². The van der Waals surface area contributed by atoms with Gasteiger partial charge in [0.25, 0.3) is 0 Å². The molecule has 2 aromatic carbocycles. The Kier molecular flexibility index (Phi) is 2.69. The van der Waals surface area contributed by atoms with Crippen LogP contribution in [0.25, 0.3) is 6.08 Å². The van der Waals surface area contributed by atoms with Crippen LogP contribution in [0, 0.1) is 0 Å². The lowest BCUT2D eigenvalue weighted by molar-refractivity contribution is -0.151. The second-order valence-corrected chi connectivity index (χ2v) is 4.22. The van der Waals surface area contributed by atoms with Gasteiger partial charge in [0.2, 0.25) is 0 Å². The van der Waals surface area contributed by atoms with Gasteiger partial charge in [0.1, 0.15) is 11.7 Å². The molecule has 1 saturated heterocycles. The lowest BCUT2D eigenvalue weighted by Crippen LogP contribution is -2.30. The smallest absolute Gasteiger partial charge is 0.326 e. The summed E-state index contributed by atoms with van der Waals surface area (Å²) in [5, 5.41) is 0. The van der Waals surface area contributed by atoms with Gasteiger partial charge in [-0.2, -0.15) is 0 Å². The average molecular weight is 236 g/mol. The van der Waals surface area contributed by atoms with E-state index in [1.54, 1.807) is 0 Å². The lowest BCUT2D eigenvalue weighted by atomic mass is 9.92.